The van der Waals surface area contributed by atoms with Crippen molar-refractivity contribution >= 4 is 11.9 Å². The summed E-state index contributed by atoms with van der Waals surface area (Å²) in [6, 6.07) is 0. The smallest absolute Gasteiger partial charge is 0.311 e. The number of esters is 2. The van der Waals surface area contributed by atoms with E-state index < -0.39 is 0 Å². The molecule has 0 aromatic rings. The van der Waals surface area contributed by atoms with Crippen LogP contribution in [0.3, 0.4) is 0 Å². The minimum atomic E-state index is -0.223. The van der Waals surface area contributed by atoms with E-state index in [4.69, 9.17) is 9.47 Å². The lowest BCUT2D eigenvalue weighted by Gasteiger charge is -2.39. The van der Waals surface area contributed by atoms with Gasteiger partial charge in [-0.1, -0.05) is 0 Å². The Balaban J connectivity index is 1.20. The van der Waals surface area contributed by atoms with Crippen molar-refractivity contribution in [2.75, 3.05) is 7.05 Å². The number of likely N-dealkylation sites (tertiary alicyclic amines) is 1. The highest BCUT2D eigenvalue weighted by Gasteiger charge is 2.53. The van der Waals surface area contributed by atoms with Gasteiger partial charge in [-0.15, -0.1) is 0 Å². The minimum absolute atomic E-state index is 0.00257. The van der Waals surface area contributed by atoms with Crippen molar-refractivity contribution in [1.82, 2.24) is 10.2 Å². The molecule has 212 valence electrons. The van der Waals surface area contributed by atoms with Crippen LogP contribution in [0.15, 0.2) is 0 Å². The molecule has 0 bridgehead atoms. The van der Waals surface area contributed by atoms with Gasteiger partial charge in [0.2, 0.25) is 0 Å². The van der Waals surface area contributed by atoms with Crippen LogP contribution in [0, 0.1) is 23.7 Å². The van der Waals surface area contributed by atoms with E-state index in [0.29, 0.717) is 11.8 Å². The summed E-state index contributed by atoms with van der Waals surface area (Å²) in [4.78, 5) is 28.5. The third-order valence-electron chi connectivity index (χ3n) is 10.8. The molecule has 4 fully saturated rings. The Bertz CT molecular complexity index is 847. The van der Waals surface area contributed by atoms with Gasteiger partial charge in [-0.3, -0.25) is 14.5 Å². The summed E-state index contributed by atoms with van der Waals surface area (Å²) in [6.45, 7) is 17.3. The number of rotatable bonds is 5. The highest BCUT2D eigenvalue weighted by Crippen LogP contribution is 2.45. The zero-order valence-corrected chi connectivity index (χ0v) is 25.1. The average molecular weight is 519 g/mol. The number of ether oxygens (including phenoxy) is 2. The summed E-state index contributed by atoms with van der Waals surface area (Å²) in [5, 5.41) is 3.59. The second kappa shape index (κ2) is 10.1. The molecule has 2 aliphatic carbocycles. The molecule has 2 saturated heterocycles. The summed E-state index contributed by atoms with van der Waals surface area (Å²) >= 11 is 0. The van der Waals surface area contributed by atoms with Crippen LogP contribution in [0.4, 0.5) is 0 Å². The largest absolute Gasteiger partial charge is 0.462 e. The number of nitrogens with zero attached hydrogens (tertiary/aromatic N) is 1. The summed E-state index contributed by atoms with van der Waals surface area (Å²) < 4.78 is 12.1. The molecule has 2 unspecified atom stereocenters. The third-order valence-corrected chi connectivity index (χ3v) is 10.8. The fraction of sp³-hybridized carbons (Fsp3) is 0.935. The molecule has 2 atom stereocenters. The molecule has 0 spiro atoms. The lowest BCUT2D eigenvalue weighted by atomic mass is 9.72. The normalized spacial score (nSPS) is 38.7. The predicted molar refractivity (Wildman–Crippen MR) is 147 cm³/mol. The van der Waals surface area contributed by atoms with E-state index >= 15 is 0 Å². The Morgan fingerprint density at radius 1 is 0.676 bits per heavy atom. The number of hydrogen-bond acceptors (Lipinski definition) is 6. The first-order valence-electron chi connectivity index (χ1n) is 15.0. The highest BCUT2D eigenvalue weighted by atomic mass is 16.5. The molecular weight excluding hydrogens is 464 g/mol. The van der Waals surface area contributed by atoms with Crippen molar-refractivity contribution in [2.45, 2.75) is 154 Å². The lowest BCUT2D eigenvalue weighted by molar-refractivity contribution is -0.160. The van der Waals surface area contributed by atoms with Crippen molar-refractivity contribution < 1.29 is 19.1 Å². The van der Waals surface area contributed by atoms with Crippen molar-refractivity contribution in [3.63, 3.8) is 0 Å². The monoisotopic (exact) mass is 518 g/mol. The van der Waals surface area contributed by atoms with Crippen LogP contribution in [-0.2, 0) is 19.1 Å². The second-order valence-electron chi connectivity index (χ2n) is 15.2. The first-order valence-corrected chi connectivity index (χ1v) is 15.0. The highest BCUT2D eigenvalue weighted by molar-refractivity contribution is 5.75. The molecule has 6 nitrogen and oxygen atoms in total. The molecule has 4 rings (SSSR count). The molecular formula is C31H54N2O4. The summed E-state index contributed by atoms with van der Waals surface area (Å²) in [5.74, 6) is 1.24. The van der Waals surface area contributed by atoms with Gasteiger partial charge < -0.3 is 14.8 Å². The van der Waals surface area contributed by atoms with Gasteiger partial charge in [-0.05, 0) is 138 Å². The van der Waals surface area contributed by atoms with E-state index in [1.165, 1.54) is 0 Å². The van der Waals surface area contributed by atoms with Crippen LogP contribution < -0.4 is 5.32 Å². The summed E-state index contributed by atoms with van der Waals surface area (Å²) in [7, 11) is 2.13. The maximum atomic E-state index is 13.1. The van der Waals surface area contributed by atoms with Crippen LogP contribution in [0.5, 0.6) is 0 Å². The predicted octanol–water partition coefficient (Wildman–Crippen LogP) is 5.87. The van der Waals surface area contributed by atoms with Crippen LogP contribution in [0.1, 0.15) is 120 Å². The Hall–Kier alpha value is -1.14. The Labute approximate surface area is 226 Å². The summed E-state index contributed by atoms with van der Waals surface area (Å²) in [5.41, 5.74) is -0.420. The van der Waals surface area contributed by atoms with Crippen molar-refractivity contribution in [1.29, 1.82) is 0 Å². The Morgan fingerprint density at radius 3 is 1.46 bits per heavy atom. The molecule has 1 N–H and O–H groups in total. The second-order valence-corrected chi connectivity index (χ2v) is 15.2. The summed E-state index contributed by atoms with van der Waals surface area (Å²) in [6.07, 6.45) is 10.3. The van der Waals surface area contributed by atoms with Gasteiger partial charge in [0.1, 0.15) is 12.2 Å². The maximum Gasteiger partial charge on any atom is 0.311 e. The first kappa shape index (κ1) is 28.9. The standard InChI is InChI=1S/C31H54N2O4/c1-28(2)18-24(30(5,6)32-28)26(34)36-22-14-10-20(11-15-22)21-12-16-23(17-13-21)37-27(35)25-19-29(3,4)33(9)31(25,7)8/h20-25,32H,10-19H2,1-9H3. The quantitative estimate of drug-likeness (QED) is 0.460. The van der Waals surface area contributed by atoms with E-state index in [-0.39, 0.29) is 58.1 Å². The fourth-order valence-electron chi connectivity index (χ4n) is 8.27. The zero-order chi connectivity index (χ0) is 27.4. The molecule has 2 aliphatic heterocycles. The van der Waals surface area contributed by atoms with Crippen molar-refractivity contribution in [3.05, 3.63) is 0 Å². The molecule has 0 radical (unpaired) electrons. The number of hydrogen-bond donors (Lipinski definition) is 1. The zero-order valence-electron chi connectivity index (χ0n) is 25.1. The molecule has 4 aliphatic rings. The Kier molecular flexibility index (Phi) is 7.89. The van der Waals surface area contributed by atoms with E-state index in [2.05, 4.69) is 72.7 Å². The SMILES string of the molecule is CN1C(C)(C)CC(C(=O)OC2CCC(C3CCC(OC(=O)C4CC(C)(C)NC4(C)C)CC3)CC2)C1(C)C. The first-order chi connectivity index (χ1) is 17.0. The molecule has 0 amide bonds. The number of nitrogens with one attached hydrogen (secondary N) is 1. The van der Waals surface area contributed by atoms with Crippen LogP contribution >= 0.6 is 0 Å². The number of carbonyl (C=O) groups is 2. The van der Waals surface area contributed by atoms with Crippen LogP contribution in [0.2, 0.25) is 0 Å². The van der Waals surface area contributed by atoms with E-state index in [1.54, 1.807) is 0 Å². The van der Waals surface area contributed by atoms with Gasteiger partial charge >= 0.3 is 11.9 Å². The van der Waals surface area contributed by atoms with Gasteiger partial charge in [0.05, 0.1) is 11.8 Å². The van der Waals surface area contributed by atoms with Gasteiger partial charge in [-0.25, -0.2) is 0 Å². The molecule has 2 saturated carbocycles. The maximum absolute atomic E-state index is 13.1. The minimum Gasteiger partial charge on any atom is -0.462 e. The average Bonchev–Trinajstić information content (AvgIpc) is 3.13. The van der Waals surface area contributed by atoms with Crippen molar-refractivity contribution in [3.8, 4) is 0 Å². The molecule has 37 heavy (non-hydrogen) atoms. The fourth-order valence-corrected chi connectivity index (χ4v) is 8.27. The van der Waals surface area contributed by atoms with Crippen LogP contribution in [-0.4, -0.2) is 58.2 Å². The van der Waals surface area contributed by atoms with Crippen LogP contribution in [0.25, 0.3) is 0 Å². The molecule has 6 heteroatoms. The van der Waals surface area contributed by atoms with E-state index in [1.807, 2.05) is 0 Å². The van der Waals surface area contributed by atoms with E-state index in [0.717, 1.165) is 64.2 Å². The van der Waals surface area contributed by atoms with Gasteiger partial charge in [0, 0.05) is 22.2 Å². The molecule has 0 aromatic carbocycles. The van der Waals surface area contributed by atoms with Gasteiger partial charge in [0.25, 0.3) is 0 Å². The topological polar surface area (TPSA) is 67.9 Å². The molecule has 2 heterocycles. The van der Waals surface area contributed by atoms with Gasteiger partial charge in [-0.2, -0.15) is 0 Å². The number of carbonyl (C=O) groups excluding carboxylic acids is 2. The van der Waals surface area contributed by atoms with Crippen molar-refractivity contribution in [2.24, 2.45) is 23.7 Å². The Morgan fingerprint density at radius 2 is 1.11 bits per heavy atom. The third kappa shape index (κ3) is 6.05. The van der Waals surface area contributed by atoms with E-state index in [9.17, 15) is 9.59 Å². The molecule has 0 aromatic heterocycles. The van der Waals surface area contributed by atoms with Gasteiger partial charge in [0.15, 0.2) is 0 Å². The lowest BCUT2D eigenvalue weighted by Crippen LogP contribution is -2.48.